The number of nitrogens with one attached hydrogen (secondary N) is 1. The Kier molecular flexibility index (Phi) is 5.62. The number of amides is 3. The van der Waals surface area contributed by atoms with Crippen LogP contribution in [0.5, 0.6) is 11.5 Å². The molecule has 1 aromatic rings. The van der Waals surface area contributed by atoms with E-state index in [1.165, 1.54) is 26.2 Å². The zero-order chi connectivity index (χ0) is 17.7. The van der Waals surface area contributed by atoms with Crippen LogP contribution in [0, 0.1) is 0 Å². The molecule has 3 amide bonds. The van der Waals surface area contributed by atoms with Gasteiger partial charge >= 0.3 is 12.0 Å². The number of esters is 1. The first-order valence-electron chi connectivity index (χ1n) is 7.59. The van der Waals surface area contributed by atoms with E-state index in [1.54, 1.807) is 6.07 Å². The van der Waals surface area contributed by atoms with Gasteiger partial charge in [0.15, 0.2) is 17.6 Å². The van der Waals surface area contributed by atoms with E-state index in [9.17, 15) is 14.4 Å². The summed E-state index contributed by atoms with van der Waals surface area (Å²) in [6.45, 7) is 4.38. The van der Waals surface area contributed by atoms with Crippen LogP contribution < -0.4 is 14.8 Å². The van der Waals surface area contributed by atoms with Crippen LogP contribution in [0.1, 0.15) is 24.2 Å². The number of nitrogens with zero attached hydrogens (tertiary/aromatic N) is 1. The number of rotatable bonds is 6. The summed E-state index contributed by atoms with van der Waals surface area (Å²) in [7, 11) is 1.46. The molecular weight excluding hydrogens is 316 g/mol. The molecule has 1 unspecified atom stereocenters. The molecule has 1 N–H and O–H groups in total. The molecule has 1 aromatic carbocycles. The van der Waals surface area contributed by atoms with Crippen molar-refractivity contribution in [3.8, 4) is 11.5 Å². The first-order chi connectivity index (χ1) is 11.5. The number of benzene rings is 1. The number of methoxy groups -OCH3 is 1. The van der Waals surface area contributed by atoms with Crippen molar-refractivity contribution in [1.29, 1.82) is 0 Å². The molecule has 0 saturated carbocycles. The predicted octanol–water partition coefficient (Wildman–Crippen LogP) is 1.19. The third-order valence-corrected chi connectivity index (χ3v) is 3.45. The zero-order valence-corrected chi connectivity index (χ0v) is 13.8. The number of urea groups is 1. The predicted molar refractivity (Wildman–Crippen MR) is 84.2 cm³/mol. The fourth-order valence-electron chi connectivity index (χ4n) is 2.25. The third-order valence-electron chi connectivity index (χ3n) is 3.45. The Bertz CT molecular complexity index is 645. The summed E-state index contributed by atoms with van der Waals surface area (Å²) in [6, 6.07) is 4.12. The highest BCUT2D eigenvalue weighted by atomic mass is 16.5. The maximum Gasteiger partial charge on any atom is 0.339 e. The van der Waals surface area contributed by atoms with Crippen molar-refractivity contribution in [1.82, 2.24) is 10.2 Å². The van der Waals surface area contributed by atoms with E-state index in [2.05, 4.69) is 5.32 Å². The maximum absolute atomic E-state index is 12.2. The molecule has 1 saturated heterocycles. The Hall–Kier alpha value is -2.77. The van der Waals surface area contributed by atoms with Crippen molar-refractivity contribution in [2.75, 3.05) is 26.8 Å². The van der Waals surface area contributed by atoms with E-state index in [0.717, 1.165) is 4.90 Å². The van der Waals surface area contributed by atoms with Gasteiger partial charge in [-0.15, -0.1) is 0 Å². The van der Waals surface area contributed by atoms with E-state index in [4.69, 9.17) is 14.2 Å². The van der Waals surface area contributed by atoms with Crippen LogP contribution in [-0.2, 0) is 9.53 Å². The lowest BCUT2D eigenvalue weighted by atomic mass is 10.2. The Morgan fingerprint density at radius 1 is 1.33 bits per heavy atom. The smallest absolute Gasteiger partial charge is 0.339 e. The lowest BCUT2D eigenvalue weighted by Gasteiger charge is -2.18. The largest absolute Gasteiger partial charge is 0.493 e. The number of carbonyl (C=O) groups is 3. The highest BCUT2D eigenvalue weighted by Crippen LogP contribution is 2.28. The Labute approximate surface area is 139 Å². The van der Waals surface area contributed by atoms with Crippen molar-refractivity contribution in [2.45, 2.75) is 20.0 Å². The summed E-state index contributed by atoms with van der Waals surface area (Å²) < 4.78 is 15.7. The summed E-state index contributed by atoms with van der Waals surface area (Å²) >= 11 is 0. The Balaban J connectivity index is 2.06. The second-order valence-corrected chi connectivity index (χ2v) is 5.07. The first kappa shape index (κ1) is 17.6. The maximum atomic E-state index is 12.2. The van der Waals surface area contributed by atoms with E-state index in [1.807, 2.05) is 6.92 Å². The van der Waals surface area contributed by atoms with Gasteiger partial charge < -0.3 is 19.5 Å². The number of ether oxygens (including phenoxy) is 3. The molecule has 0 radical (unpaired) electrons. The van der Waals surface area contributed by atoms with Gasteiger partial charge in [0.1, 0.15) is 0 Å². The second kappa shape index (κ2) is 7.67. The molecule has 8 nitrogen and oxygen atoms in total. The van der Waals surface area contributed by atoms with Crippen molar-refractivity contribution >= 4 is 17.9 Å². The summed E-state index contributed by atoms with van der Waals surface area (Å²) in [5, 5.41) is 2.52. The van der Waals surface area contributed by atoms with Crippen LogP contribution in [0.25, 0.3) is 0 Å². The van der Waals surface area contributed by atoms with Crippen LogP contribution in [-0.4, -0.2) is 55.7 Å². The minimum absolute atomic E-state index is 0.223. The van der Waals surface area contributed by atoms with Gasteiger partial charge in [-0.1, -0.05) is 0 Å². The molecule has 0 aliphatic carbocycles. The van der Waals surface area contributed by atoms with Gasteiger partial charge in [-0.25, -0.2) is 9.59 Å². The summed E-state index contributed by atoms with van der Waals surface area (Å²) in [4.78, 5) is 36.8. The molecule has 1 fully saturated rings. The molecule has 1 aliphatic heterocycles. The molecule has 0 spiro atoms. The first-order valence-corrected chi connectivity index (χ1v) is 7.59. The van der Waals surface area contributed by atoms with Crippen LogP contribution >= 0.6 is 0 Å². The van der Waals surface area contributed by atoms with E-state index in [0.29, 0.717) is 24.7 Å². The molecule has 1 atom stereocenters. The van der Waals surface area contributed by atoms with Gasteiger partial charge in [0.05, 0.1) is 19.3 Å². The summed E-state index contributed by atoms with van der Waals surface area (Å²) in [5.41, 5.74) is 0.223. The van der Waals surface area contributed by atoms with Gasteiger partial charge in [-0.3, -0.25) is 9.69 Å². The Morgan fingerprint density at radius 2 is 2.08 bits per heavy atom. The fourth-order valence-corrected chi connectivity index (χ4v) is 2.25. The van der Waals surface area contributed by atoms with Crippen LogP contribution in [0.2, 0.25) is 0 Å². The number of imide groups is 1. The molecule has 130 valence electrons. The third kappa shape index (κ3) is 3.76. The van der Waals surface area contributed by atoms with Gasteiger partial charge in [-0.05, 0) is 32.0 Å². The van der Waals surface area contributed by atoms with Crippen molar-refractivity contribution < 1.29 is 28.6 Å². The lowest BCUT2D eigenvalue weighted by molar-refractivity contribution is -0.136. The number of hydrogen-bond donors (Lipinski definition) is 1. The monoisotopic (exact) mass is 336 g/mol. The van der Waals surface area contributed by atoms with Crippen LogP contribution in [0.15, 0.2) is 18.2 Å². The zero-order valence-electron chi connectivity index (χ0n) is 13.8. The van der Waals surface area contributed by atoms with Gasteiger partial charge in [0.25, 0.3) is 5.91 Å². The molecule has 0 bridgehead atoms. The summed E-state index contributed by atoms with van der Waals surface area (Å²) in [5.74, 6) is -0.341. The molecule has 8 heteroatoms. The van der Waals surface area contributed by atoms with E-state index >= 15 is 0 Å². The Morgan fingerprint density at radius 3 is 2.67 bits per heavy atom. The van der Waals surface area contributed by atoms with Gasteiger partial charge in [-0.2, -0.15) is 0 Å². The molecule has 24 heavy (non-hydrogen) atoms. The SMILES string of the molecule is CCOc1ccc(C(=O)OC(C)C(=O)N2CCNC2=O)cc1OC. The molecule has 2 rings (SSSR count). The molecule has 1 heterocycles. The van der Waals surface area contributed by atoms with Crippen LogP contribution in [0.4, 0.5) is 4.79 Å². The van der Waals surface area contributed by atoms with Crippen molar-refractivity contribution in [2.24, 2.45) is 0 Å². The molecular formula is C16H20N2O6. The van der Waals surface area contributed by atoms with Gasteiger partial charge in [0.2, 0.25) is 0 Å². The lowest BCUT2D eigenvalue weighted by Crippen LogP contribution is -2.41. The quantitative estimate of drug-likeness (QED) is 0.784. The molecule has 0 aromatic heterocycles. The van der Waals surface area contributed by atoms with Crippen LogP contribution in [0.3, 0.4) is 0 Å². The van der Waals surface area contributed by atoms with Crippen molar-refractivity contribution in [3.05, 3.63) is 23.8 Å². The minimum Gasteiger partial charge on any atom is -0.493 e. The van der Waals surface area contributed by atoms with E-state index in [-0.39, 0.29) is 12.1 Å². The second-order valence-electron chi connectivity index (χ2n) is 5.07. The normalized spacial score (nSPS) is 14.8. The highest BCUT2D eigenvalue weighted by Gasteiger charge is 2.31. The minimum atomic E-state index is -1.07. The molecule has 1 aliphatic rings. The summed E-state index contributed by atoms with van der Waals surface area (Å²) in [6.07, 6.45) is -1.07. The average Bonchev–Trinajstić information content (AvgIpc) is 3.00. The fraction of sp³-hybridized carbons (Fsp3) is 0.438. The average molecular weight is 336 g/mol. The van der Waals surface area contributed by atoms with Crippen molar-refractivity contribution in [3.63, 3.8) is 0 Å². The number of carbonyl (C=O) groups excluding carboxylic acids is 3. The van der Waals surface area contributed by atoms with Gasteiger partial charge in [0, 0.05) is 13.1 Å². The highest BCUT2D eigenvalue weighted by molar-refractivity contribution is 5.99. The topological polar surface area (TPSA) is 94.2 Å². The standard InChI is InChI=1S/C16H20N2O6/c1-4-23-12-6-5-11(9-13(12)22-3)15(20)24-10(2)14(19)18-8-7-17-16(18)21/h5-6,9-10H,4,7-8H2,1-3H3,(H,17,21). The number of hydrogen-bond acceptors (Lipinski definition) is 6. The van der Waals surface area contributed by atoms with E-state index < -0.39 is 24.0 Å².